The van der Waals surface area contributed by atoms with Gasteiger partial charge in [-0.15, -0.1) is 0 Å². The molecule has 116 valence electrons. The van der Waals surface area contributed by atoms with Gasteiger partial charge in [-0.2, -0.15) is 0 Å². The summed E-state index contributed by atoms with van der Waals surface area (Å²) in [5.74, 6) is 0.876. The van der Waals surface area contributed by atoms with Gasteiger partial charge in [0.25, 0.3) is 0 Å². The minimum atomic E-state index is -0.470. The summed E-state index contributed by atoms with van der Waals surface area (Å²) >= 11 is 0. The lowest BCUT2D eigenvalue weighted by atomic mass is 10.2. The van der Waals surface area contributed by atoms with E-state index in [-0.39, 0.29) is 0 Å². The average molecular weight is 291 g/mol. The highest BCUT2D eigenvalue weighted by Gasteiger charge is 2.14. The van der Waals surface area contributed by atoms with Gasteiger partial charge in [0.05, 0.1) is 6.61 Å². The van der Waals surface area contributed by atoms with Crippen LogP contribution in [0, 0.1) is 0 Å². The zero-order valence-electron chi connectivity index (χ0n) is 13.3. The largest absolute Gasteiger partial charge is 0.494 e. The predicted molar refractivity (Wildman–Crippen MR) is 85.5 cm³/mol. The lowest BCUT2D eigenvalue weighted by molar-refractivity contribution is 0.0534. The molecule has 0 aliphatic carbocycles. The number of carbonyl (C=O) groups is 1. The summed E-state index contributed by atoms with van der Waals surface area (Å²) in [5, 5.41) is 2.68. The molecule has 4 heteroatoms. The van der Waals surface area contributed by atoms with Gasteiger partial charge in [-0.25, -0.2) is 4.79 Å². The molecule has 0 fully saturated rings. The molecule has 0 bridgehead atoms. The Bertz CT molecular complexity index is 458. The molecule has 4 nitrogen and oxygen atoms in total. The van der Waals surface area contributed by atoms with E-state index in [2.05, 4.69) is 12.2 Å². The van der Waals surface area contributed by atoms with Gasteiger partial charge in [-0.05, 0) is 44.9 Å². The van der Waals surface area contributed by atoms with Crippen LogP contribution in [0.2, 0.25) is 0 Å². The number of nitrogens with one attached hydrogen (secondary N) is 1. The number of rotatable bonds is 6. The number of benzene rings is 1. The van der Waals surface area contributed by atoms with Crippen LogP contribution in [0.5, 0.6) is 5.75 Å². The van der Waals surface area contributed by atoms with Gasteiger partial charge in [0, 0.05) is 6.54 Å². The van der Waals surface area contributed by atoms with Crippen molar-refractivity contribution in [2.75, 3.05) is 13.2 Å². The van der Waals surface area contributed by atoms with Crippen molar-refractivity contribution in [3.63, 3.8) is 0 Å². The van der Waals surface area contributed by atoms with Crippen molar-refractivity contribution in [2.24, 2.45) is 0 Å². The van der Waals surface area contributed by atoms with Crippen LogP contribution in [-0.4, -0.2) is 24.8 Å². The summed E-state index contributed by atoms with van der Waals surface area (Å²) in [6.07, 6.45) is 4.42. The van der Waals surface area contributed by atoms with Crippen molar-refractivity contribution in [1.82, 2.24) is 5.32 Å². The maximum absolute atomic E-state index is 11.4. The third-order valence-electron chi connectivity index (χ3n) is 2.43. The van der Waals surface area contributed by atoms with E-state index in [1.807, 2.05) is 57.2 Å². The number of ether oxygens (including phenoxy) is 2. The minimum Gasteiger partial charge on any atom is -0.494 e. The second-order valence-electron chi connectivity index (χ2n) is 5.70. The zero-order valence-corrected chi connectivity index (χ0v) is 13.3. The van der Waals surface area contributed by atoms with E-state index in [1.54, 1.807) is 0 Å². The van der Waals surface area contributed by atoms with Crippen LogP contribution in [0.15, 0.2) is 30.3 Å². The Morgan fingerprint density at radius 2 is 1.90 bits per heavy atom. The number of amides is 1. The zero-order chi connectivity index (χ0) is 15.7. The third kappa shape index (κ3) is 8.02. The summed E-state index contributed by atoms with van der Waals surface area (Å²) in [7, 11) is 0. The first kappa shape index (κ1) is 17.1. The van der Waals surface area contributed by atoms with Gasteiger partial charge in [-0.3, -0.25) is 0 Å². The average Bonchev–Trinajstić information content (AvgIpc) is 2.41. The molecule has 0 unspecified atom stereocenters. The summed E-state index contributed by atoms with van der Waals surface area (Å²) in [4.78, 5) is 11.4. The van der Waals surface area contributed by atoms with Crippen molar-refractivity contribution < 1.29 is 14.3 Å². The molecule has 0 aromatic heterocycles. The monoisotopic (exact) mass is 291 g/mol. The molecule has 1 N–H and O–H groups in total. The molecule has 1 amide bonds. The number of alkyl carbamates (subject to hydrolysis) is 1. The van der Waals surface area contributed by atoms with Crippen LogP contribution in [0.3, 0.4) is 0 Å². The fraction of sp³-hybridized carbons (Fsp3) is 0.471. The van der Waals surface area contributed by atoms with Crippen molar-refractivity contribution >= 4 is 12.2 Å². The molecule has 0 saturated carbocycles. The summed E-state index contributed by atoms with van der Waals surface area (Å²) < 4.78 is 10.7. The molecule has 0 atom stereocenters. The highest BCUT2D eigenvalue weighted by Crippen LogP contribution is 2.13. The lowest BCUT2D eigenvalue weighted by Gasteiger charge is -2.19. The van der Waals surface area contributed by atoms with E-state index in [9.17, 15) is 4.79 Å². The number of carbonyl (C=O) groups excluding carboxylic acids is 1. The molecule has 0 radical (unpaired) electrons. The second kappa shape index (κ2) is 8.35. The normalized spacial score (nSPS) is 11.4. The van der Waals surface area contributed by atoms with E-state index >= 15 is 0 Å². The lowest BCUT2D eigenvalue weighted by Crippen LogP contribution is -2.32. The summed E-state index contributed by atoms with van der Waals surface area (Å²) in [6.45, 7) is 8.76. The molecule has 1 aromatic rings. The molecule has 1 aromatic carbocycles. The fourth-order valence-corrected chi connectivity index (χ4v) is 1.55. The molecular formula is C17H25NO3. The SMILES string of the molecule is CCCOc1ccc(C=CCNC(=O)OC(C)(C)C)cc1. The predicted octanol–water partition coefficient (Wildman–Crippen LogP) is 4.01. The Balaban J connectivity index is 2.35. The van der Waals surface area contributed by atoms with E-state index in [1.165, 1.54) is 0 Å². The van der Waals surface area contributed by atoms with Crippen LogP contribution < -0.4 is 10.1 Å². The Morgan fingerprint density at radius 1 is 1.24 bits per heavy atom. The molecule has 1 rings (SSSR count). The first-order chi connectivity index (χ1) is 9.90. The van der Waals surface area contributed by atoms with E-state index in [0.717, 1.165) is 24.3 Å². The smallest absolute Gasteiger partial charge is 0.407 e. The minimum absolute atomic E-state index is 0.407. The maximum Gasteiger partial charge on any atom is 0.407 e. The van der Waals surface area contributed by atoms with Gasteiger partial charge < -0.3 is 14.8 Å². The maximum atomic E-state index is 11.4. The van der Waals surface area contributed by atoms with E-state index in [4.69, 9.17) is 9.47 Å². The quantitative estimate of drug-likeness (QED) is 0.861. The van der Waals surface area contributed by atoms with E-state index < -0.39 is 11.7 Å². The molecule has 0 heterocycles. The standard InChI is InChI=1S/C17H25NO3/c1-5-13-20-15-10-8-14(9-11-15)7-6-12-18-16(19)21-17(2,3)4/h6-11H,5,12-13H2,1-4H3,(H,18,19). The van der Waals surface area contributed by atoms with Crippen LogP contribution in [0.25, 0.3) is 6.08 Å². The second-order valence-corrected chi connectivity index (χ2v) is 5.70. The first-order valence-corrected chi connectivity index (χ1v) is 7.27. The van der Waals surface area contributed by atoms with Gasteiger partial charge in [0.15, 0.2) is 0 Å². The van der Waals surface area contributed by atoms with Crippen molar-refractivity contribution in [3.8, 4) is 5.75 Å². The molecular weight excluding hydrogens is 266 g/mol. The number of hydrogen-bond acceptors (Lipinski definition) is 3. The Morgan fingerprint density at radius 3 is 2.48 bits per heavy atom. The van der Waals surface area contributed by atoms with Crippen molar-refractivity contribution in [3.05, 3.63) is 35.9 Å². The molecule has 21 heavy (non-hydrogen) atoms. The van der Waals surface area contributed by atoms with Crippen LogP contribution >= 0.6 is 0 Å². The van der Waals surface area contributed by atoms with Crippen molar-refractivity contribution in [2.45, 2.75) is 39.7 Å². The third-order valence-corrected chi connectivity index (χ3v) is 2.43. The molecule has 0 saturated heterocycles. The van der Waals surface area contributed by atoms with Gasteiger partial charge in [0.1, 0.15) is 11.4 Å². The summed E-state index contributed by atoms with van der Waals surface area (Å²) in [5.41, 5.74) is 0.590. The van der Waals surface area contributed by atoms with Crippen LogP contribution in [0.1, 0.15) is 39.7 Å². The fourth-order valence-electron chi connectivity index (χ4n) is 1.55. The van der Waals surface area contributed by atoms with Gasteiger partial charge in [0.2, 0.25) is 0 Å². The Labute approximate surface area is 127 Å². The molecule has 0 aliphatic rings. The highest BCUT2D eigenvalue weighted by molar-refractivity contribution is 5.68. The molecule has 0 aliphatic heterocycles. The molecule has 0 spiro atoms. The van der Waals surface area contributed by atoms with Crippen LogP contribution in [-0.2, 0) is 4.74 Å². The van der Waals surface area contributed by atoms with Crippen molar-refractivity contribution in [1.29, 1.82) is 0 Å². The summed E-state index contributed by atoms with van der Waals surface area (Å²) in [6, 6.07) is 7.84. The van der Waals surface area contributed by atoms with Crippen LogP contribution in [0.4, 0.5) is 4.79 Å². The first-order valence-electron chi connectivity index (χ1n) is 7.27. The van der Waals surface area contributed by atoms with Gasteiger partial charge >= 0.3 is 6.09 Å². The number of hydrogen-bond donors (Lipinski definition) is 1. The van der Waals surface area contributed by atoms with Gasteiger partial charge in [-0.1, -0.05) is 31.2 Å². The Kier molecular flexibility index (Phi) is 6.79. The topological polar surface area (TPSA) is 47.6 Å². The highest BCUT2D eigenvalue weighted by atomic mass is 16.6. The van der Waals surface area contributed by atoms with E-state index in [0.29, 0.717) is 6.54 Å². The Hall–Kier alpha value is -1.97.